The molecule has 7 heteroatoms. The van der Waals surface area contributed by atoms with Crippen molar-refractivity contribution in [3.63, 3.8) is 0 Å². The van der Waals surface area contributed by atoms with Crippen molar-refractivity contribution in [2.45, 2.75) is 52.7 Å². The summed E-state index contributed by atoms with van der Waals surface area (Å²) < 4.78 is 3.91. The Bertz CT molecular complexity index is 656. The van der Waals surface area contributed by atoms with Gasteiger partial charge in [-0.25, -0.2) is 0 Å². The summed E-state index contributed by atoms with van der Waals surface area (Å²) in [4.78, 5) is 12.3. The molecule has 2 aromatic rings. The molecule has 0 aliphatic carbocycles. The minimum atomic E-state index is -0.106. The first kappa shape index (κ1) is 13.8. The Morgan fingerprint density at radius 1 is 1.43 bits per heavy atom. The third kappa shape index (κ3) is 2.68. The number of nitrogens with one attached hydrogen (secondary N) is 1. The van der Waals surface area contributed by atoms with Gasteiger partial charge in [0.25, 0.3) is 5.91 Å². The lowest BCUT2D eigenvalue weighted by Crippen LogP contribution is -2.25. The average Bonchev–Trinajstić information content (AvgIpc) is 3.12. The quantitative estimate of drug-likeness (QED) is 0.892. The number of hydrogen-bond donors (Lipinski definition) is 1. The fourth-order valence-corrected chi connectivity index (χ4v) is 2.68. The maximum absolute atomic E-state index is 12.3. The van der Waals surface area contributed by atoms with Gasteiger partial charge in [0.1, 0.15) is 5.82 Å². The largest absolute Gasteiger partial charge is 0.345 e. The molecule has 112 valence electrons. The second-order valence-electron chi connectivity index (χ2n) is 5.36. The summed E-state index contributed by atoms with van der Waals surface area (Å²) in [6.45, 7) is 6.12. The van der Waals surface area contributed by atoms with Crippen molar-refractivity contribution >= 4 is 5.91 Å². The molecule has 1 N–H and O–H groups in total. The van der Waals surface area contributed by atoms with E-state index in [1.165, 1.54) is 0 Å². The number of rotatable bonds is 5. The summed E-state index contributed by atoms with van der Waals surface area (Å²) in [5.41, 5.74) is 1.39. The van der Waals surface area contributed by atoms with Gasteiger partial charge in [-0.2, -0.15) is 5.10 Å². The predicted octanol–water partition coefficient (Wildman–Crippen LogP) is 1.07. The van der Waals surface area contributed by atoms with Crippen molar-refractivity contribution in [3.8, 4) is 0 Å². The zero-order valence-electron chi connectivity index (χ0n) is 12.5. The molecule has 0 fully saturated rings. The van der Waals surface area contributed by atoms with Gasteiger partial charge in [-0.1, -0.05) is 6.92 Å². The maximum atomic E-state index is 12.3. The number of carbonyl (C=O) groups excluding carboxylic acids is 1. The molecule has 2 aromatic heterocycles. The summed E-state index contributed by atoms with van der Waals surface area (Å²) >= 11 is 0. The summed E-state index contributed by atoms with van der Waals surface area (Å²) in [5.74, 6) is 1.74. The standard InChI is InChI=1S/C14H20N6O/c1-3-6-19-9-11(10(2)18-19)14(21)15-8-13-17-16-12-5-4-7-20(12)13/h9H,3-8H2,1-2H3,(H,15,21). The van der Waals surface area contributed by atoms with E-state index in [-0.39, 0.29) is 5.91 Å². The second kappa shape index (κ2) is 5.67. The van der Waals surface area contributed by atoms with Crippen LogP contribution in [0.1, 0.15) is 47.5 Å². The molecule has 0 spiro atoms. The lowest BCUT2D eigenvalue weighted by atomic mass is 10.2. The Morgan fingerprint density at radius 3 is 3.10 bits per heavy atom. The summed E-state index contributed by atoms with van der Waals surface area (Å²) in [7, 11) is 0. The number of carbonyl (C=O) groups is 1. The lowest BCUT2D eigenvalue weighted by molar-refractivity contribution is 0.0948. The van der Waals surface area contributed by atoms with E-state index in [9.17, 15) is 4.79 Å². The van der Waals surface area contributed by atoms with Crippen molar-refractivity contribution in [2.24, 2.45) is 0 Å². The highest BCUT2D eigenvalue weighted by Gasteiger charge is 2.18. The molecule has 1 amide bonds. The van der Waals surface area contributed by atoms with E-state index in [0.717, 1.165) is 49.7 Å². The Kier molecular flexibility index (Phi) is 3.72. The number of hydrogen-bond acceptors (Lipinski definition) is 4. The zero-order valence-corrected chi connectivity index (χ0v) is 12.5. The first-order valence-electron chi connectivity index (χ1n) is 7.42. The van der Waals surface area contributed by atoms with E-state index >= 15 is 0 Å². The molecular formula is C14H20N6O. The fourth-order valence-electron chi connectivity index (χ4n) is 2.68. The highest BCUT2D eigenvalue weighted by Crippen LogP contribution is 2.14. The van der Waals surface area contributed by atoms with E-state index in [1.807, 2.05) is 17.8 Å². The molecule has 21 heavy (non-hydrogen) atoms. The highest BCUT2D eigenvalue weighted by atomic mass is 16.1. The number of fused-ring (bicyclic) bond motifs is 1. The molecule has 3 heterocycles. The zero-order chi connectivity index (χ0) is 14.8. The molecule has 0 aromatic carbocycles. The van der Waals surface area contributed by atoms with Gasteiger partial charge in [0.15, 0.2) is 5.82 Å². The molecule has 0 atom stereocenters. The van der Waals surface area contributed by atoms with Gasteiger partial charge in [0, 0.05) is 25.7 Å². The van der Waals surface area contributed by atoms with Crippen LogP contribution in [-0.2, 0) is 26.1 Å². The molecular weight excluding hydrogens is 268 g/mol. The van der Waals surface area contributed by atoms with Crippen LogP contribution in [0.3, 0.4) is 0 Å². The average molecular weight is 288 g/mol. The molecule has 7 nitrogen and oxygen atoms in total. The van der Waals surface area contributed by atoms with Gasteiger partial charge in [-0.05, 0) is 19.8 Å². The normalized spacial score (nSPS) is 13.4. The third-order valence-corrected chi connectivity index (χ3v) is 3.74. The van der Waals surface area contributed by atoms with Gasteiger partial charge in [0.05, 0.1) is 17.8 Å². The number of aryl methyl sites for hydroxylation is 3. The molecule has 0 bridgehead atoms. The molecule has 3 rings (SSSR count). The van der Waals surface area contributed by atoms with Crippen molar-refractivity contribution in [3.05, 3.63) is 29.1 Å². The van der Waals surface area contributed by atoms with Crippen LogP contribution in [0.4, 0.5) is 0 Å². The van der Waals surface area contributed by atoms with Gasteiger partial charge >= 0.3 is 0 Å². The monoisotopic (exact) mass is 288 g/mol. The van der Waals surface area contributed by atoms with Crippen molar-refractivity contribution in [2.75, 3.05) is 0 Å². The minimum Gasteiger partial charge on any atom is -0.345 e. The maximum Gasteiger partial charge on any atom is 0.255 e. The summed E-state index contributed by atoms with van der Waals surface area (Å²) in [5, 5.41) is 15.5. The predicted molar refractivity (Wildman–Crippen MR) is 76.8 cm³/mol. The molecule has 0 saturated heterocycles. The van der Waals surface area contributed by atoms with E-state index in [1.54, 1.807) is 0 Å². The molecule has 0 saturated carbocycles. The topological polar surface area (TPSA) is 77.6 Å². The van der Waals surface area contributed by atoms with Crippen molar-refractivity contribution in [1.82, 2.24) is 29.9 Å². The van der Waals surface area contributed by atoms with Crippen LogP contribution in [0.15, 0.2) is 6.20 Å². The van der Waals surface area contributed by atoms with Crippen LogP contribution >= 0.6 is 0 Å². The van der Waals surface area contributed by atoms with Gasteiger partial charge < -0.3 is 9.88 Å². The lowest BCUT2D eigenvalue weighted by Gasteiger charge is -2.05. The van der Waals surface area contributed by atoms with Crippen LogP contribution in [0, 0.1) is 6.92 Å². The van der Waals surface area contributed by atoms with Crippen LogP contribution in [-0.4, -0.2) is 30.5 Å². The van der Waals surface area contributed by atoms with Gasteiger partial charge in [0.2, 0.25) is 0 Å². The van der Waals surface area contributed by atoms with Gasteiger partial charge in [-0.3, -0.25) is 9.48 Å². The fraction of sp³-hybridized carbons (Fsp3) is 0.571. The molecule has 0 radical (unpaired) electrons. The first-order valence-corrected chi connectivity index (χ1v) is 7.42. The van der Waals surface area contributed by atoms with Crippen molar-refractivity contribution < 1.29 is 4.79 Å². The molecule has 0 unspecified atom stereocenters. The van der Waals surface area contributed by atoms with Crippen LogP contribution < -0.4 is 5.32 Å². The highest BCUT2D eigenvalue weighted by molar-refractivity contribution is 5.94. The number of nitrogens with zero attached hydrogens (tertiary/aromatic N) is 5. The Labute approximate surface area is 123 Å². The van der Waals surface area contributed by atoms with Crippen LogP contribution in [0.25, 0.3) is 0 Å². The van der Waals surface area contributed by atoms with Gasteiger partial charge in [-0.15, -0.1) is 10.2 Å². The van der Waals surface area contributed by atoms with Crippen LogP contribution in [0.2, 0.25) is 0 Å². The van der Waals surface area contributed by atoms with E-state index < -0.39 is 0 Å². The number of amides is 1. The van der Waals surface area contributed by atoms with E-state index in [4.69, 9.17) is 0 Å². The molecule has 1 aliphatic heterocycles. The summed E-state index contributed by atoms with van der Waals surface area (Å²) in [6.07, 6.45) is 4.88. The second-order valence-corrected chi connectivity index (χ2v) is 5.36. The van der Waals surface area contributed by atoms with E-state index in [0.29, 0.717) is 12.1 Å². The van der Waals surface area contributed by atoms with E-state index in [2.05, 4.69) is 32.1 Å². The van der Waals surface area contributed by atoms with Crippen molar-refractivity contribution in [1.29, 1.82) is 0 Å². The minimum absolute atomic E-state index is 0.106. The Balaban J connectivity index is 1.66. The number of aromatic nitrogens is 5. The first-order chi connectivity index (χ1) is 10.2. The summed E-state index contributed by atoms with van der Waals surface area (Å²) in [6, 6.07) is 0. The Morgan fingerprint density at radius 2 is 2.29 bits per heavy atom. The van der Waals surface area contributed by atoms with Crippen LogP contribution in [0.5, 0.6) is 0 Å². The SMILES string of the molecule is CCCn1cc(C(=O)NCc2nnc3n2CCC3)c(C)n1. The molecule has 1 aliphatic rings. The Hall–Kier alpha value is -2.18. The third-order valence-electron chi connectivity index (χ3n) is 3.74. The smallest absolute Gasteiger partial charge is 0.255 e.